The molecule has 2 aromatic carbocycles. The van der Waals surface area contributed by atoms with Crippen molar-refractivity contribution in [2.75, 3.05) is 51.9 Å². The standard InChI is InChI=1S/C31H44FN3O4/c1-4-5-6-7-8-9-10-13-22-39-31-28(37-2)23-25(24-29(31)38-3)16-17-30(36)33-35-20-18-34(19-21-35)27-15-12-11-14-26(27)32/h11-12,14-17,23-24H,4-10,13,18-22H2,1-3H3,(H,33,36)/b17-16+. The first kappa shape index (κ1) is 30.3. The molecule has 0 unspecified atom stereocenters. The highest BCUT2D eigenvalue weighted by molar-refractivity contribution is 5.91. The van der Waals surface area contributed by atoms with Crippen LogP contribution in [0, 0.1) is 5.82 Å². The predicted molar refractivity (Wildman–Crippen MR) is 155 cm³/mol. The largest absolute Gasteiger partial charge is 0.493 e. The predicted octanol–water partition coefficient (Wildman–Crippen LogP) is 6.23. The van der Waals surface area contributed by atoms with Crippen LogP contribution in [0.15, 0.2) is 42.5 Å². The van der Waals surface area contributed by atoms with E-state index in [1.165, 1.54) is 50.7 Å². The summed E-state index contributed by atoms with van der Waals surface area (Å²) in [4.78, 5) is 14.6. The van der Waals surface area contributed by atoms with Crippen LogP contribution in [0.1, 0.15) is 63.9 Å². The van der Waals surface area contributed by atoms with Gasteiger partial charge in [0, 0.05) is 32.3 Å². The number of carbonyl (C=O) groups is 1. The lowest BCUT2D eigenvalue weighted by Gasteiger charge is -2.35. The van der Waals surface area contributed by atoms with Gasteiger partial charge in [-0.3, -0.25) is 10.2 Å². The summed E-state index contributed by atoms with van der Waals surface area (Å²) in [5.74, 6) is 1.25. The van der Waals surface area contributed by atoms with Crippen molar-refractivity contribution < 1.29 is 23.4 Å². The lowest BCUT2D eigenvalue weighted by molar-refractivity contribution is -0.121. The van der Waals surface area contributed by atoms with Crippen LogP contribution in [0.3, 0.4) is 0 Å². The second-order valence-corrected chi connectivity index (χ2v) is 9.81. The summed E-state index contributed by atoms with van der Waals surface area (Å²) in [6.07, 6.45) is 13.1. The Balaban J connectivity index is 1.47. The number of hydrazine groups is 1. The molecule has 7 nitrogen and oxygen atoms in total. The number of nitrogens with one attached hydrogen (secondary N) is 1. The van der Waals surface area contributed by atoms with Crippen molar-refractivity contribution in [1.29, 1.82) is 0 Å². The van der Waals surface area contributed by atoms with Gasteiger partial charge in [0.15, 0.2) is 11.5 Å². The number of unbranched alkanes of at least 4 members (excludes halogenated alkanes) is 7. The molecule has 0 atom stereocenters. The number of piperazine rings is 1. The summed E-state index contributed by atoms with van der Waals surface area (Å²) in [6.45, 7) is 5.28. The zero-order valence-corrected chi connectivity index (χ0v) is 23.7. The van der Waals surface area contributed by atoms with Gasteiger partial charge in [-0.15, -0.1) is 0 Å². The first-order valence-corrected chi connectivity index (χ1v) is 14.2. The van der Waals surface area contributed by atoms with Gasteiger partial charge in [-0.25, -0.2) is 9.40 Å². The van der Waals surface area contributed by atoms with Gasteiger partial charge in [0.1, 0.15) is 5.82 Å². The second-order valence-electron chi connectivity index (χ2n) is 9.81. The average molecular weight is 542 g/mol. The highest BCUT2D eigenvalue weighted by Gasteiger charge is 2.20. The highest BCUT2D eigenvalue weighted by Crippen LogP contribution is 2.39. The molecule has 1 fully saturated rings. The van der Waals surface area contributed by atoms with Crippen molar-refractivity contribution in [3.8, 4) is 17.2 Å². The molecule has 2 aromatic rings. The number of benzene rings is 2. The molecule has 1 amide bonds. The van der Waals surface area contributed by atoms with Gasteiger partial charge >= 0.3 is 0 Å². The lowest BCUT2D eigenvalue weighted by atomic mass is 10.1. The monoisotopic (exact) mass is 541 g/mol. The third kappa shape index (κ3) is 9.77. The van der Waals surface area contributed by atoms with E-state index >= 15 is 0 Å². The molecule has 0 aromatic heterocycles. The van der Waals surface area contributed by atoms with Crippen LogP contribution in [0.4, 0.5) is 10.1 Å². The van der Waals surface area contributed by atoms with Gasteiger partial charge in [-0.1, -0.05) is 64.0 Å². The fourth-order valence-electron chi connectivity index (χ4n) is 4.68. The number of rotatable bonds is 16. The Morgan fingerprint density at radius 1 is 0.923 bits per heavy atom. The van der Waals surface area contributed by atoms with E-state index in [-0.39, 0.29) is 11.7 Å². The Labute approximate surface area is 232 Å². The Bertz CT molecular complexity index is 1030. The Kier molecular flexibility index (Phi) is 12.9. The van der Waals surface area contributed by atoms with E-state index in [0.29, 0.717) is 55.7 Å². The number of hydrogen-bond acceptors (Lipinski definition) is 6. The number of halogens is 1. The molecular formula is C31H44FN3O4. The second kappa shape index (κ2) is 16.6. The smallest absolute Gasteiger partial charge is 0.258 e. The summed E-state index contributed by atoms with van der Waals surface area (Å²) in [7, 11) is 3.19. The molecule has 0 bridgehead atoms. The van der Waals surface area contributed by atoms with Gasteiger partial charge in [0.25, 0.3) is 5.91 Å². The third-order valence-corrected chi connectivity index (χ3v) is 6.90. The maximum Gasteiger partial charge on any atom is 0.258 e. The number of para-hydroxylation sites is 1. The fourth-order valence-corrected chi connectivity index (χ4v) is 4.68. The molecule has 39 heavy (non-hydrogen) atoms. The molecule has 0 spiro atoms. The zero-order chi connectivity index (χ0) is 27.9. The number of anilines is 1. The fraction of sp³-hybridized carbons (Fsp3) is 0.516. The lowest BCUT2D eigenvalue weighted by Crippen LogP contribution is -2.53. The van der Waals surface area contributed by atoms with Crippen LogP contribution < -0.4 is 24.5 Å². The number of nitrogens with zero attached hydrogens (tertiary/aromatic N) is 2. The van der Waals surface area contributed by atoms with Crippen molar-refractivity contribution in [2.45, 2.75) is 58.3 Å². The summed E-state index contributed by atoms with van der Waals surface area (Å²) in [5.41, 5.74) is 4.26. The highest BCUT2D eigenvalue weighted by atomic mass is 19.1. The van der Waals surface area contributed by atoms with E-state index in [9.17, 15) is 9.18 Å². The topological polar surface area (TPSA) is 63.3 Å². The number of amides is 1. The maximum absolute atomic E-state index is 14.1. The number of methoxy groups -OCH3 is 2. The number of ether oxygens (including phenoxy) is 3. The average Bonchev–Trinajstić information content (AvgIpc) is 2.96. The number of hydrogen-bond donors (Lipinski definition) is 1. The molecular weight excluding hydrogens is 497 g/mol. The molecule has 0 saturated carbocycles. The minimum Gasteiger partial charge on any atom is -0.493 e. The van der Waals surface area contributed by atoms with E-state index in [2.05, 4.69) is 12.3 Å². The van der Waals surface area contributed by atoms with Crippen LogP contribution in [0.25, 0.3) is 6.08 Å². The molecule has 1 saturated heterocycles. The first-order chi connectivity index (χ1) is 19.0. The van der Waals surface area contributed by atoms with Crippen LogP contribution in [0.5, 0.6) is 17.2 Å². The van der Waals surface area contributed by atoms with Crippen molar-refractivity contribution in [3.05, 3.63) is 53.9 Å². The van der Waals surface area contributed by atoms with Crippen LogP contribution in [-0.2, 0) is 4.79 Å². The van der Waals surface area contributed by atoms with Crippen molar-refractivity contribution >= 4 is 17.7 Å². The summed E-state index contributed by atoms with van der Waals surface area (Å²) < 4.78 is 31.2. The summed E-state index contributed by atoms with van der Waals surface area (Å²) in [6, 6.07) is 10.4. The molecule has 1 heterocycles. The Morgan fingerprint density at radius 2 is 1.54 bits per heavy atom. The third-order valence-electron chi connectivity index (χ3n) is 6.90. The zero-order valence-electron chi connectivity index (χ0n) is 23.7. The minimum atomic E-state index is -0.234. The molecule has 1 aliphatic rings. The number of carbonyl (C=O) groups excluding carboxylic acids is 1. The van der Waals surface area contributed by atoms with E-state index in [1.54, 1.807) is 32.4 Å². The van der Waals surface area contributed by atoms with Gasteiger partial charge < -0.3 is 19.1 Å². The van der Waals surface area contributed by atoms with Crippen molar-refractivity contribution in [3.63, 3.8) is 0 Å². The van der Waals surface area contributed by atoms with E-state index < -0.39 is 0 Å². The molecule has 3 rings (SSSR count). The van der Waals surface area contributed by atoms with E-state index in [0.717, 1.165) is 18.4 Å². The maximum atomic E-state index is 14.1. The molecule has 214 valence electrons. The van der Waals surface area contributed by atoms with Gasteiger partial charge in [-0.2, -0.15) is 0 Å². The van der Waals surface area contributed by atoms with Gasteiger partial charge in [-0.05, 0) is 42.3 Å². The minimum absolute atomic E-state index is 0.228. The van der Waals surface area contributed by atoms with E-state index in [1.807, 2.05) is 28.1 Å². The molecule has 0 radical (unpaired) electrons. The van der Waals surface area contributed by atoms with Crippen LogP contribution in [-0.4, -0.2) is 57.9 Å². The molecule has 0 aliphatic carbocycles. The van der Waals surface area contributed by atoms with Crippen molar-refractivity contribution in [2.24, 2.45) is 0 Å². The molecule has 1 N–H and O–H groups in total. The van der Waals surface area contributed by atoms with Crippen LogP contribution in [0.2, 0.25) is 0 Å². The van der Waals surface area contributed by atoms with Crippen molar-refractivity contribution in [1.82, 2.24) is 10.4 Å². The Morgan fingerprint density at radius 3 is 2.15 bits per heavy atom. The summed E-state index contributed by atoms with van der Waals surface area (Å²) >= 11 is 0. The Hall–Kier alpha value is -3.26. The molecule has 8 heteroatoms. The normalized spacial score (nSPS) is 14.0. The van der Waals surface area contributed by atoms with Gasteiger partial charge in [0.05, 0.1) is 26.5 Å². The first-order valence-electron chi connectivity index (χ1n) is 14.2. The van der Waals surface area contributed by atoms with Crippen LogP contribution >= 0.6 is 0 Å². The summed E-state index contributed by atoms with van der Waals surface area (Å²) in [5, 5.41) is 1.85. The van der Waals surface area contributed by atoms with Gasteiger partial charge in [0.2, 0.25) is 5.75 Å². The quantitative estimate of drug-likeness (QED) is 0.201. The van der Waals surface area contributed by atoms with E-state index in [4.69, 9.17) is 14.2 Å². The molecule has 1 aliphatic heterocycles. The SMILES string of the molecule is CCCCCCCCCCOc1c(OC)cc(/C=C/C(=O)NN2CCN(c3ccccc3F)CC2)cc1OC.